The van der Waals surface area contributed by atoms with Crippen molar-refractivity contribution in [1.29, 1.82) is 0 Å². The average Bonchev–Trinajstić information content (AvgIpc) is 2.79. The maximum absolute atomic E-state index is 12.0. The van der Waals surface area contributed by atoms with Crippen LogP contribution in [-0.2, 0) is 11.3 Å². The molecule has 0 bridgehead atoms. The average molecular weight is 312 g/mol. The zero-order chi connectivity index (χ0) is 11.4. The molecule has 7 heteroatoms. The molecule has 0 radical (unpaired) electrons. The summed E-state index contributed by atoms with van der Waals surface area (Å²) in [6.45, 7) is 0.495. The molecular weight excluding hydrogens is 293 g/mol. The highest BCUT2D eigenvalue weighted by Gasteiger charge is 2.34. The third-order valence-electron chi connectivity index (χ3n) is 3.08. The summed E-state index contributed by atoms with van der Waals surface area (Å²) in [4.78, 5) is 16.1. The van der Waals surface area contributed by atoms with Gasteiger partial charge in [0.15, 0.2) is 0 Å². The Morgan fingerprint density at radius 3 is 2.61 bits per heavy atom. The second-order valence-corrected chi connectivity index (χ2v) is 5.30. The van der Waals surface area contributed by atoms with Crippen LogP contribution >= 0.6 is 36.2 Å². The molecule has 1 saturated carbocycles. The fourth-order valence-electron chi connectivity index (χ4n) is 2.08. The molecule has 1 heterocycles. The van der Waals surface area contributed by atoms with Crippen LogP contribution in [0, 0.1) is 0 Å². The van der Waals surface area contributed by atoms with Gasteiger partial charge in [-0.2, -0.15) is 0 Å². The molecule has 0 aromatic carbocycles. The molecular formula is C11H19Cl2N3OS. The minimum absolute atomic E-state index is 0. The molecule has 1 aliphatic carbocycles. The first-order valence-corrected chi connectivity index (χ1v) is 6.54. The van der Waals surface area contributed by atoms with E-state index >= 15 is 0 Å². The Bertz CT molecular complexity index is 353. The molecule has 0 saturated heterocycles. The number of aromatic nitrogens is 1. The zero-order valence-corrected chi connectivity index (χ0v) is 12.5. The number of thiazole rings is 1. The lowest BCUT2D eigenvalue weighted by molar-refractivity contribution is -0.127. The van der Waals surface area contributed by atoms with Crippen molar-refractivity contribution in [2.45, 2.75) is 44.2 Å². The van der Waals surface area contributed by atoms with E-state index in [1.807, 2.05) is 5.38 Å². The van der Waals surface area contributed by atoms with Gasteiger partial charge in [0.05, 0.1) is 12.1 Å². The Morgan fingerprint density at radius 2 is 2.06 bits per heavy atom. The number of hydrogen-bond donors (Lipinski definition) is 2. The number of rotatable bonds is 3. The van der Waals surface area contributed by atoms with Crippen molar-refractivity contribution in [3.05, 3.63) is 16.6 Å². The predicted octanol–water partition coefficient (Wildman–Crippen LogP) is 2.26. The molecule has 0 aliphatic heterocycles. The van der Waals surface area contributed by atoms with Crippen LogP contribution in [0.15, 0.2) is 11.6 Å². The van der Waals surface area contributed by atoms with Crippen molar-refractivity contribution in [2.75, 3.05) is 0 Å². The number of carbonyl (C=O) groups excluding carboxylic acids is 1. The summed E-state index contributed by atoms with van der Waals surface area (Å²) in [6, 6.07) is 0. The smallest absolute Gasteiger partial charge is 0.240 e. The molecule has 1 aliphatic rings. The second-order valence-electron chi connectivity index (χ2n) is 4.33. The van der Waals surface area contributed by atoms with Gasteiger partial charge in [0, 0.05) is 11.6 Å². The Hall–Kier alpha value is -0.360. The number of nitrogens with one attached hydrogen (secondary N) is 1. The number of nitrogens with two attached hydrogens (primary N) is 1. The standard InChI is InChI=1S/C11H17N3OS.2ClH/c12-11(4-2-1-3-5-11)10(15)14-8-9-13-6-7-16-9;;/h6-7H,1-5,8,12H2,(H,14,15);2*1H. The topological polar surface area (TPSA) is 68.0 Å². The predicted molar refractivity (Wildman–Crippen MR) is 78.5 cm³/mol. The molecule has 2 rings (SSSR count). The lowest BCUT2D eigenvalue weighted by Crippen LogP contribution is -2.54. The van der Waals surface area contributed by atoms with Crippen LogP contribution in [0.25, 0.3) is 0 Å². The molecule has 0 unspecified atom stereocenters. The van der Waals surface area contributed by atoms with Crippen molar-refractivity contribution in [2.24, 2.45) is 5.73 Å². The summed E-state index contributed by atoms with van der Waals surface area (Å²) >= 11 is 1.54. The third-order valence-corrected chi connectivity index (χ3v) is 3.86. The van der Waals surface area contributed by atoms with E-state index in [0.29, 0.717) is 6.54 Å². The Labute approximate surface area is 124 Å². The van der Waals surface area contributed by atoms with E-state index < -0.39 is 5.54 Å². The Morgan fingerprint density at radius 1 is 1.39 bits per heavy atom. The first-order valence-electron chi connectivity index (χ1n) is 5.66. The van der Waals surface area contributed by atoms with Crippen LogP contribution in [0.1, 0.15) is 37.1 Å². The van der Waals surface area contributed by atoms with E-state index in [1.165, 1.54) is 6.42 Å². The Balaban J connectivity index is 0.00000144. The van der Waals surface area contributed by atoms with Gasteiger partial charge in [0.1, 0.15) is 5.01 Å². The molecule has 0 atom stereocenters. The van der Waals surface area contributed by atoms with Crippen LogP contribution in [0.3, 0.4) is 0 Å². The molecule has 18 heavy (non-hydrogen) atoms. The first kappa shape index (κ1) is 17.6. The van der Waals surface area contributed by atoms with Gasteiger partial charge < -0.3 is 11.1 Å². The minimum atomic E-state index is -0.643. The summed E-state index contributed by atoms with van der Waals surface area (Å²) in [7, 11) is 0. The Kier molecular flexibility index (Phi) is 7.78. The summed E-state index contributed by atoms with van der Waals surface area (Å²) in [5, 5.41) is 5.71. The van der Waals surface area contributed by atoms with Crippen molar-refractivity contribution < 1.29 is 4.79 Å². The summed E-state index contributed by atoms with van der Waals surface area (Å²) < 4.78 is 0. The van der Waals surface area contributed by atoms with Crippen molar-refractivity contribution in [3.8, 4) is 0 Å². The molecule has 0 spiro atoms. The quantitative estimate of drug-likeness (QED) is 0.899. The fourth-order valence-corrected chi connectivity index (χ4v) is 2.64. The number of halogens is 2. The lowest BCUT2D eigenvalue weighted by Gasteiger charge is -2.31. The molecule has 1 aromatic heterocycles. The van der Waals surface area contributed by atoms with Gasteiger partial charge in [0.2, 0.25) is 5.91 Å². The van der Waals surface area contributed by atoms with E-state index in [0.717, 1.165) is 30.7 Å². The van der Waals surface area contributed by atoms with Crippen LogP contribution < -0.4 is 11.1 Å². The van der Waals surface area contributed by atoms with Gasteiger partial charge >= 0.3 is 0 Å². The second kappa shape index (κ2) is 7.94. The SMILES string of the molecule is Cl.Cl.NC1(C(=O)NCc2nccs2)CCCCC1. The molecule has 1 fully saturated rings. The van der Waals surface area contributed by atoms with Crippen molar-refractivity contribution in [3.63, 3.8) is 0 Å². The highest BCUT2D eigenvalue weighted by atomic mass is 35.5. The van der Waals surface area contributed by atoms with E-state index in [4.69, 9.17) is 5.73 Å². The number of carbonyl (C=O) groups is 1. The molecule has 104 valence electrons. The van der Waals surface area contributed by atoms with Crippen LogP contribution in [-0.4, -0.2) is 16.4 Å². The maximum Gasteiger partial charge on any atom is 0.240 e. The molecule has 1 amide bonds. The van der Waals surface area contributed by atoms with Gasteiger partial charge in [-0.1, -0.05) is 19.3 Å². The summed E-state index contributed by atoms with van der Waals surface area (Å²) in [5.41, 5.74) is 5.47. The molecule has 4 nitrogen and oxygen atoms in total. The van der Waals surface area contributed by atoms with E-state index in [9.17, 15) is 4.79 Å². The first-order chi connectivity index (χ1) is 7.71. The van der Waals surface area contributed by atoms with Crippen molar-refractivity contribution >= 4 is 42.1 Å². The van der Waals surface area contributed by atoms with E-state index in [2.05, 4.69) is 10.3 Å². The van der Waals surface area contributed by atoms with E-state index in [1.54, 1.807) is 17.5 Å². The normalized spacial score (nSPS) is 17.2. The van der Waals surface area contributed by atoms with Gasteiger partial charge in [-0.3, -0.25) is 4.79 Å². The molecule has 3 N–H and O–H groups in total. The number of nitrogens with zero attached hydrogens (tertiary/aromatic N) is 1. The minimum Gasteiger partial charge on any atom is -0.348 e. The highest BCUT2D eigenvalue weighted by Crippen LogP contribution is 2.26. The fraction of sp³-hybridized carbons (Fsp3) is 0.636. The summed E-state index contributed by atoms with van der Waals surface area (Å²) in [5.74, 6) is -0.0256. The van der Waals surface area contributed by atoms with Crippen LogP contribution in [0.4, 0.5) is 0 Å². The lowest BCUT2D eigenvalue weighted by atomic mass is 9.82. The van der Waals surface area contributed by atoms with E-state index in [-0.39, 0.29) is 30.7 Å². The third kappa shape index (κ3) is 4.39. The van der Waals surface area contributed by atoms with Gasteiger partial charge in [-0.05, 0) is 12.8 Å². The largest absolute Gasteiger partial charge is 0.348 e. The van der Waals surface area contributed by atoms with Gasteiger partial charge in [0.25, 0.3) is 0 Å². The number of hydrogen-bond acceptors (Lipinski definition) is 4. The monoisotopic (exact) mass is 311 g/mol. The highest BCUT2D eigenvalue weighted by molar-refractivity contribution is 7.09. The van der Waals surface area contributed by atoms with Gasteiger partial charge in [-0.25, -0.2) is 4.98 Å². The van der Waals surface area contributed by atoms with Gasteiger partial charge in [-0.15, -0.1) is 36.2 Å². The number of amides is 1. The van der Waals surface area contributed by atoms with Crippen molar-refractivity contribution in [1.82, 2.24) is 10.3 Å². The van der Waals surface area contributed by atoms with Crippen LogP contribution in [0.2, 0.25) is 0 Å². The maximum atomic E-state index is 12.0. The molecule has 1 aromatic rings. The zero-order valence-electron chi connectivity index (χ0n) is 10.1. The van der Waals surface area contributed by atoms with Crippen LogP contribution in [0.5, 0.6) is 0 Å². The summed E-state index contributed by atoms with van der Waals surface area (Å²) in [6.07, 6.45) is 6.65.